The predicted molar refractivity (Wildman–Crippen MR) is 479 cm³/mol. The first-order chi connectivity index (χ1) is 56.9. The molecule has 0 fully saturated rings. The zero-order chi connectivity index (χ0) is 79.9. The number of benzene rings is 16. The molecule has 566 valence electrons. The summed E-state index contributed by atoms with van der Waals surface area (Å²) in [5.74, 6) is 2.29. The van der Waals surface area contributed by atoms with Gasteiger partial charge in [-0.15, -0.1) is 0 Å². The molecule has 2 unspecified atom stereocenters. The number of hydrogen-bond donors (Lipinski definition) is 0. The van der Waals surface area contributed by atoms with E-state index < -0.39 is 10.8 Å². The summed E-state index contributed by atoms with van der Waals surface area (Å²) in [4.78, 5) is 4.68. The zero-order valence-electron chi connectivity index (χ0n) is 66.1. The van der Waals surface area contributed by atoms with Crippen molar-refractivity contribution in [3.05, 3.63) is 456 Å². The number of ether oxygens (including phenoxy) is 2. The molecule has 0 spiro atoms. The van der Waals surface area contributed by atoms with Crippen molar-refractivity contribution in [3.8, 4) is 67.5 Å². The summed E-state index contributed by atoms with van der Waals surface area (Å²) >= 11 is 0. The number of fused-ring (bicyclic) bond motifs is 9. The number of hydrogen-bond acceptors (Lipinski definition) is 5. The fourth-order valence-electron chi connectivity index (χ4n) is 17.8. The average Bonchev–Trinajstić information content (AvgIpc) is 1.55. The van der Waals surface area contributed by atoms with Gasteiger partial charge in [0.25, 0.3) is 0 Å². The third-order valence-corrected chi connectivity index (χ3v) is 23.8. The van der Waals surface area contributed by atoms with Crippen molar-refractivity contribution >= 4 is 68.2 Å². The topological polar surface area (TPSA) is 38.1 Å². The van der Waals surface area contributed by atoms with Gasteiger partial charge in [0.1, 0.15) is 45.8 Å². The lowest BCUT2D eigenvalue weighted by molar-refractivity contribution is 0.482. The van der Waals surface area contributed by atoms with E-state index in [1.807, 2.05) is 109 Å². The van der Waals surface area contributed by atoms with Crippen molar-refractivity contribution in [2.24, 2.45) is 0 Å². The molecule has 1 heterocycles. The summed E-state index contributed by atoms with van der Waals surface area (Å²) in [5.41, 5.74) is 27.5. The molecule has 1 aromatic heterocycles. The normalized spacial score (nSPS) is 14.6. The Morgan fingerprint density at radius 2 is 0.581 bits per heavy atom. The summed E-state index contributed by atoms with van der Waals surface area (Å²) in [6.45, 7) is 21.3. The van der Waals surface area contributed by atoms with Gasteiger partial charge in [-0.05, 0) is 292 Å². The first-order valence-electron chi connectivity index (χ1n) is 39.9. The van der Waals surface area contributed by atoms with Crippen LogP contribution in [-0.2, 0) is 21.7 Å². The molecule has 0 radical (unpaired) electrons. The molecule has 16 aromatic carbocycles. The predicted octanol–water partition coefficient (Wildman–Crippen LogP) is 30.3. The summed E-state index contributed by atoms with van der Waals surface area (Å²) in [7, 11) is 0. The van der Waals surface area contributed by atoms with E-state index in [1.165, 1.54) is 11.1 Å². The quantitative estimate of drug-likeness (QED) is 0.0856. The average molecular weight is 1520 g/mol. The van der Waals surface area contributed by atoms with Crippen LogP contribution in [0.4, 0.5) is 42.9 Å². The van der Waals surface area contributed by atoms with E-state index >= 15 is 8.78 Å². The van der Waals surface area contributed by atoms with Crippen LogP contribution >= 0.6 is 0 Å². The highest BCUT2D eigenvalue weighted by molar-refractivity contribution is 6.08. The standard InChI is InChI=1S/C110H84F2N2O3/c1-9-71-19-55-91(56-20-71)115-93-59-37-81(38-60-93)109(79-29-41-83(111)42-30-79)101-17-13-11-15-95(101)97-63-27-75(67-103(97)109)73-23-45-85(46-24-73)113(87-49-33-77(34-50-87)107(3,4)5)89-53-65-105-99(69-89)100-70-90(54-66-106(100)117-105)114(88-51-35-78(36-52-88)108(6,7)8)86-47-25-74(26-48-86)76-28-64-98-96-16-12-14-18-102(96)110(104(98)68-76,80-31-43-84(112)44-32-80)82-39-61-94(62-40-82)116-92-57-21-72(10-2)22-58-92/h9-70H,1-2H2,3-8H3. The van der Waals surface area contributed by atoms with E-state index in [0.29, 0.717) is 11.5 Å². The summed E-state index contributed by atoms with van der Waals surface area (Å²) in [6, 6.07) is 126. The van der Waals surface area contributed by atoms with Crippen LogP contribution in [0.3, 0.4) is 0 Å². The van der Waals surface area contributed by atoms with Crippen LogP contribution in [0.5, 0.6) is 23.0 Å². The number of rotatable bonds is 18. The summed E-state index contributed by atoms with van der Waals surface area (Å²) < 4.78 is 49.9. The fourth-order valence-corrected chi connectivity index (χ4v) is 17.8. The lowest BCUT2D eigenvalue weighted by Crippen LogP contribution is -2.28. The van der Waals surface area contributed by atoms with Crippen molar-refractivity contribution < 1.29 is 22.7 Å². The molecule has 2 aliphatic rings. The van der Waals surface area contributed by atoms with Gasteiger partial charge in [0.05, 0.1) is 10.8 Å². The number of furan rings is 1. The molecule has 2 atom stereocenters. The second-order valence-electron chi connectivity index (χ2n) is 32.7. The summed E-state index contributed by atoms with van der Waals surface area (Å²) in [6.07, 6.45) is 3.64. The lowest BCUT2D eigenvalue weighted by Gasteiger charge is -2.34. The molecule has 7 heteroatoms. The Morgan fingerprint density at radius 3 is 0.915 bits per heavy atom. The first-order valence-corrected chi connectivity index (χ1v) is 39.9. The van der Waals surface area contributed by atoms with Crippen molar-refractivity contribution in [1.82, 2.24) is 0 Å². The van der Waals surface area contributed by atoms with Gasteiger partial charge >= 0.3 is 0 Å². The zero-order valence-corrected chi connectivity index (χ0v) is 66.1. The molecule has 0 amide bonds. The van der Waals surface area contributed by atoms with E-state index in [-0.39, 0.29) is 22.5 Å². The third-order valence-electron chi connectivity index (χ3n) is 23.8. The van der Waals surface area contributed by atoms with Crippen molar-refractivity contribution in [3.63, 3.8) is 0 Å². The molecule has 5 nitrogen and oxygen atoms in total. The van der Waals surface area contributed by atoms with Gasteiger partial charge < -0.3 is 23.7 Å². The Kier molecular flexibility index (Phi) is 18.1. The van der Waals surface area contributed by atoms with Crippen LogP contribution in [0.1, 0.15) is 108 Å². The van der Waals surface area contributed by atoms with E-state index in [0.717, 1.165) is 168 Å². The highest BCUT2D eigenvalue weighted by Gasteiger charge is 2.48. The molecule has 17 aromatic rings. The maximum Gasteiger partial charge on any atom is 0.135 e. The van der Waals surface area contributed by atoms with Crippen LogP contribution in [-0.4, -0.2) is 0 Å². The highest BCUT2D eigenvalue weighted by atomic mass is 19.1. The number of nitrogens with zero attached hydrogens (tertiary/aromatic N) is 2. The van der Waals surface area contributed by atoms with E-state index in [1.54, 1.807) is 24.3 Å². The molecule has 0 N–H and O–H groups in total. The fraction of sp³-hybridized carbons (Fsp3) is 0.0909. The van der Waals surface area contributed by atoms with Crippen molar-refractivity contribution in [2.45, 2.75) is 63.2 Å². The van der Waals surface area contributed by atoms with E-state index in [9.17, 15) is 0 Å². The number of anilines is 6. The Bertz CT molecular complexity index is 6230. The minimum Gasteiger partial charge on any atom is -0.457 e. The van der Waals surface area contributed by atoms with Gasteiger partial charge in [-0.2, -0.15) is 0 Å². The molecule has 0 bridgehead atoms. The van der Waals surface area contributed by atoms with Gasteiger partial charge in [-0.3, -0.25) is 0 Å². The maximum absolute atomic E-state index is 15.1. The van der Waals surface area contributed by atoms with Gasteiger partial charge in [0.15, 0.2) is 0 Å². The minimum absolute atomic E-state index is 0.0618. The first kappa shape index (κ1) is 73.1. The van der Waals surface area contributed by atoms with Crippen LogP contribution in [0, 0.1) is 11.6 Å². The highest BCUT2D eigenvalue weighted by Crippen LogP contribution is 2.60. The van der Waals surface area contributed by atoms with Crippen LogP contribution in [0.25, 0.3) is 78.6 Å². The Balaban J connectivity index is 0.683. The van der Waals surface area contributed by atoms with E-state index in [4.69, 9.17) is 13.9 Å². The van der Waals surface area contributed by atoms with E-state index in [2.05, 4.69) is 307 Å². The molecule has 0 saturated carbocycles. The van der Waals surface area contributed by atoms with Crippen molar-refractivity contribution in [2.75, 3.05) is 9.80 Å². The monoisotopic (exact) mass is 1520 g/mol. The number of halogens is 2. The van der Waals surface area contributed by atoms with Gasteiger partial charge in [0.2, 0.25) is 0 Å². The smallest absolute Gasteiger partial charge is 0.135 e. The second-order valence-corrected chi connectivity index (χ2v) is 32.7. The molecule has 19 rings (SSSR count). The largest absolute Gasteiger partial charge is 0.457 e. The summed E-state index contributed by atoms with van der Waals surface area (Å²) in [5, 5.41) is 1.96. The molecule has 117 heavy (non-hydrogen) atoms. The molecule has 0 aliphatic heterocycles. The maximum atomic E-state index is 15.1. The SMILES string of the molecule is C=Cc1ccc(Oc2ccc(C3(c4ccc(F)cc4)c4ccccc4-c4ccc(-c5ccc(N(c6ccc(C(C)(C)C)cc6)c6ccc7oc8ccc(N(c9ccc(-c%10ccc%11c(c%10)C(c%10ccc(F)cc%10)(c%10ccc(Oc%12ccc(C=C)cc%12)cc%10)c%10ccccc%10-%11)cc9)c9ccc(C(C)(C)C)cc9)cc8c7c6)cc5)cc43)cc2)cc1. The Labute approximate surface area is 682 Å². The molecular weight excluding hydrogens is 1440 g/mol. The van der Waals surface area contributed by atoms with Gasteiger partial charge in [-0.25, -0.2) is 8.78 Å². The molecule has 0 saturated heterocycles. The van der Waals surface area contributed by atoms with Crippen LogP contribution in [0.15, 0.2) is 382 Å². The van der Waals surface area contributed by atoms with Crippen molar-refractivity contribution in [1.29, 1.82) is 0 Å². The minimum atomic E-state index is -0.799. The lowest BCUT2D eigenvalue weighted by atomic mass is 9.67. The second kappa shape index (κ2) is 29.1. The Hall–Kier alpha value is -14.1. The van der Waals surface area contributed by atoms with Crippen LogP contribution in [0.2, 0.25) is 0 Å². The Morgan fingerprint density at radius 1 is 0.291 bits per heavy atom. The third kappa shape index (κ3) is 13.0. The van der Waals surface area contributed by atoms with Gasteiger partial charge in [-0.1, -0.05) is 261 Å². The van der Waals surface area contributed by atoms with Gasteiger partial charge in [0, 0.05) is 44.9 Å². The molecule has 2 aliphatic carbocycles. The van der Waals surface area contributed by atoms with Crippen LogP contribution < -0.4 is 19.3 Å². The molecular formula is C110H84F2N2O3.